The van der Waals surface area contributed by atoms with E-state index in [1.165, 1.54) is 0 Å². The van der Waals surface area contributed by atoms with E-state index in [9.17, 15) is 4.79 Å². The van der Waals surface area contributed by atoms with Crippen molar-refractivity contribution in [3.8, 4) is 0 Å². The number of carbonyl (C=O) groups excluding carboxylic acids is 1. The van der Waals surface area contributed by atoms with Crippen molar-refractivity contribution < 1.29 is 4.79 Å². The molecule has 5 nitrogen and oxygen atoms in total. The van der Waals surface area contributed by atoms with Crippen LogP contribution >= 0.6 is 0 Å². The molecule has 0 atom stereocenters. The second kappa shape index (κ2) is 5.36. The van der Waals surface area contributed by atoms with Crippen LogP contribution in [-0.2, 0) is 13.6 Å². The Labute approximate surface area is 118 Å². The van der Waals surface area contributed by atoms with Crippen LogP contribution in [0.1, 0.15) is 32.9 Å². The van der Waals surface area contributed by atoms with Crippen LogP contribution in [0.25, 0.3) is 0 Å². The summed E-state index contributed by atoms with van der Waals surface area (Å²) in [5.41, 5.74) is 11.0. The van der Waals surface area contributed by atoms with Gasteiger partial charge in [-0.2, -0.15) is 5.10 Å². The molecule has 0 saturated carbocycles. The summed E-state index contributed by atoms with van der Waals surface area (Å²) in [5, 5.41) is 7.28. The highest BCUT2D eigenvalue weighted by Gasteiger charge is 2.13. The second-order valence-corrected chi connectivity index (χ2v) is 5.03. The van der Waals surface area contributed by atoms with Gasteiger partial charge in [0.15, 0.2) is 0 Å². The van der Waals surface area contributed by atoms with E-state index < -0.39 is 0 Å². The zero-order valence-corrected chi connectivity index (χ0v) is 12.3. The van der Waals surface area contributed by atoms with E-state index in [-0.39, 0.29) is 5.91 Å². The van der Waals surface area contributed by atoms with Crippen LogP contribution in [0.5, 0.6) is 0 Å². The number of aromatic nitrogens is 2. The molecule has 2 rings (SSSR count). The Balaban J connectivity index is 2.12. The predicted molar refractivity (Wildman–Crippen MR) is 79.4 cm³/mol. The minimum Gasteiger partial charge on any atom is -0.399 e. The molecule has 0 aliphatic carbocycles. The van der Waals surface area contributed by atoms with E-state index in [0.717, 1.165) is 22.5 Å². The lowest BCUT2D eigenvalue weighted by Crippen LogP contribution is -2.24. The second-order valence-electron chi connectivity index (χ2n) is 5.03. The summed E-state index contributed by atoms with van der Waals surface area (Å²) in [6.07, 6.45) is 0. The molecule has 1 amide bonds. The van der Waals surface area contributed by atoms with Gasteiger partial charge in [-0.15, -0.1) is 0 Å². The quantitative estimate of drug-likeness (QED) is 0.838. The highest BCUT2D eigenvalue weighted by atomic mass is 16.1. The first kappa shape index (κ1) is 14.1. The number of hydrogen-bond acceptors (Lipinski definition) is 3. The first-order valence-corrected chi connectivity index (χ1v) is 6.53. The van der Waals surface area contributed by atoms with Gasteiger partial charge in [0.1, 0.15) is 0 Å². The molecular formula is C15H20N4O. The molecule has 5 heteroatoms. The highest BCUT2D eigenvalue weighted by Crippen LogP contribution is 2.14. The van der Waals surface area contributed by atoms with Crippen molar-refractivity contribution >= 4 is 11.6 Å². The van der Waals surface area contributed by atoms with Crippen molar-refractivity contribution in [3.63, 3.8) is 0 Å². The van der Waals surface area contributed by atoms with Crippen molar-refractivity contribution in [3.05, 3.63) is 46.3 Å². The number of nitrogens with two attached hydrogens (primary N) is 1. The van der Waals surface area contributed by atoms with Gasteiger partial charge in [0.25, 0.3) is 5.91 Å². The number of nitrogens with zero attached hydrogens (tertiary/aromatic N) is 2. The van der Waals surface area contributed by atoms with E-state index in [1.807, 2.05) is 32.5 Å². The molecule has 0 bridgehead atoms. The van der Waals surface area contributed by atoms with Crippen molar-refractivity contribution in [2.45, 2.75) is 27.3 Å². The van der Waals surface area contributed by atoms with Crippen LogP contribution in [-0.4, -0.2) is 15.7 Å². The van der Waals surface area contributed by atoms with Crippen molar-refractivity contribution in [2.75, 3.05) is 5.73 Å². The van der Waals surface area contributed by atoms with Gasteiger partial charge in [0, 0.05) is 36.1 Å². The minimum absolute atomic E-state index is 0.0925. The summed E-state index contributed by atoms with van der Waals surface area (Å²) in [6.45, 7) is 6.30. The maximum absolute atomic E-state index is 12.2. The van der Waals surface area contributed by atoms with Gasteiger partial charge in [0.05, 0.1) is 5.69 Å². The van der Waals surface area contributed by atoms with E-state index in [2.05, 4.69) is 10.4 Å². The number of carbonyl (C=O) groups is 1. The average molecular weight is 272 g/mol. The van der Waals surface area contributed by atoms with E-state index in [0.29, 0.717) is 17.8 Å². The fourth-order valence-corrected chi connectivity index (χ4v) is 2.28. The number of amides is 1. The van der Waals surface area contributed by atoms with Crippen LogP contribution < -0.4 is 11.1 Å². The van der Waals surface area contributed by atoms with Gasteiger partial charge in [-0.1, -0.05) is 0 Å². The molecule has 1 aromatic carbocycles. The number of nitrogens with one attached hydrogen (secondary N) is 1. The molecule has 0 saturated heterocycles. The number of aryl methyl sites for hydroxylation is 3. The van der Waals surface area contributed by atoms with Crippen LogP contribution in [0, 0.1) is 20.8 Å². The van der Waals surface area contributed by atoms with Crippen LogP contribution in [0.3, 0.4) is 0 Å². The molecule has 20 heavy (non-hydrogen) atoms. The summed E-state index contributed by atoms with van der Waals surface area (Å²) in [6, 6.07) is 5.29. The molecule has 0 aliphatic rings. The number of anilines is 1. The van der Waals surface area contributed by atoms with Crippen molar-refractivity contribution in [1.29, 1.82) is 0 Å². The summed E-state index contributed by atoms with van der Waals surface area (Å²) >= 11 is 0. The molecule has 1 aromatic heterocycles. The van der Waals surface area contributed by atoms with Crippen molar-refractivity contribution in [1.82, 2.24) is 15.1 Å². The number of nitrogen functional groups attached to an aromatic ring is 1. The predicted octanol–water partition coefficient (Wildman–Crippen LogP) is 1.86. The molecule has 0 unspecified atom stereocenters. The van der Waals surface area contributed by atoms with E-state index in [1.54, 1.807) is 18.2 Å². The van der Waals surface area contributed by atoms with E-state index >= 15 is 0 Å². The Hall–Kier alpha value is -2.30. The molecule has 3 N–H and O–H groups in total. The third kappa shape index (κ3) is 2.66. The Morgan fingerprint density at radius 1 is 1.35 bits per heavy atom. The largest absolute Gasteiger partial charge is 0.399 e. The minimum atomic E-state index is -0.0925. The lowest BCUT2D eigenvalue weighted by molar-refractivity contribution is 0.0950. The zero-order chi connectivity index (χ0) is 14.9. The fraction of sp³-hybridized carbons (Fsp3) is 0.333. The topological polar surface area (TPSA) is 72.9 Å². The lowest BCUT2D eigenvalue weighted by Gasteiger charge is -2.08. The SMILES string of the molecule is Cc1cc(N)ccc1C(=O)NCc1c(C)nn(C)c1C. The lowest BCUT2D eigenvalue weighted by atomic mass is 10.1. The Bertz CT molecular complexity index is 658. The Morgan fingerprint density at radius 3 is 2.60 bits per heavy atom. The van der Waals surface area contributed by atoms with Gasteiger partial charge in [0.2, 0.25) is 0 Å². The first-order valence-electron chi connectivity index (χ1n) is 6.53. The van der Waals surface area contributed by atoms with Gasteiger partial charge >= 0.3 is 0 Å². The third-order valence-corrected chi connectivity index (χ3v) is 3.58. The molecule has 2 aromatic rings. The number of benzene rings is 1. The fourth-order valence-electron chi connectivity index (χ4n) is 2.28. The van der Waals surface area contributed by atoms with Gasteiger partial charge in [-0.3, -0.25) is 9.48 Å². The smallest absolute Gasteiger partial charge is 0.251 e. The van der Waals surface area contributed by atoms with Gasteiger partial charge < -0.3 is 11.1 Å². The van der Waals surface area contributed by atoms with Crippen molar-refractivity contribution in [2.24, 2.45) is 7.05 Å². The summed E-state index contributed by atoms with van der Waals surface area (Å²) in [4.78, 5) is 12.2. The maximum atomic E-state index is 12.2. The van der Waals surface area contributed by atoms with Crippen LogP contribution in [0.2, 0.25) is 0 Å². The maximum Gasteiger partial charge on any atom is 0.251 e. The Morgan fingerprint density at radius 2 is 2.05 bits per heavy atom. The van der Waals surface area contributed by atoms with Gasteiger partial charge in [-0.05, 0) is 44.5 Å². The standard InChI is InChI=1S/C15H20N4O/c1-9-7-12(16)5-6-13(9)15(20)17-8-14-10(2)18-19(4)11(14)3/h5-7H,8,16H2,1-4H3,(H,17,20). The first-order chi connectivity index (χ1) is 9.40. The molecule has 106 valence electrons. The average Bonchev–Trinajstić information content (AvgIpc) is 2.61. The molecule has 0 fully saturated rings. The Kier molecular flexibility index (Phi) is 3.79. The number of rotatable bonds is 3. The van der Waals surface area contributed by atoms with Crippen LogP contribution in [0.4, 0.5) is 5.69 Å². The molecule has 0 spiro atoms. The third-order valence-electron chi connectivity index (χ3n) is 3.58. The summed E-state index contributed by atoms with van der Waals surface area (Å²) < 4.78 is 1.82. The molecular weight excluding hydrogens is 252 g/mol. The summed E-state index contributed by atoms with van der Waals surface area (Å²) in [5.74, 6) is -0.0925. The van der Waals surface area contributed by atoms with Crippen LogP contribution in [0.15, 0.2) is 18.2 Å². The molecule has 0 radical (unpaired) electrons. The van der Waals surface area contributed by atoms with E-state index in [4.69, 9.17) is 5.73 Å². The molecule has 0 aliphatic heterocycles. The monoisotopic (exact) mass is 272 g/mol. The highest BCUT2D eigenvalue weighted by molar-refractivity contribution is 5.95. The molecule has 1 heterocycles. The van der Waals surface area contributed by atoms with Gasteiger partial charge in [-0.25, -0.2) is 0 Å². The normalized spacial score (nSPS) is 10.6. The summed E-state index contributed by atoms with van der Waals surface area (Å²) in [7, 11) is 1.90. The number of hydrogen-bond donors (Lipinski definition) is 2. The zero-order valence-electron chi connectivity index (χ0n) is 12.3.